The van der Waals surface area contributed by atoms with Crippen LogP contribution in [0.3, 0.4) is 0 Å². The van der Waals surface area contributed by atoms with E-state index in [1.807, 2.05) is 6.08 Å². The van der Waals surface area contributed by atoms with E-state index in [1.54, 1.807) is 78.0 Å². The Morgan fingerprint density at radius 3 is 1.72 bits per heavy atom. The second kappa shape index (κ2) is 48.4. The van der Waals surface area contributed by atoms with Gasteiger partial charge in [0.25, 0.3) is 0 Å². The number of aliphatic hydroxyl groups excluding tert-OH is 3. The van der Waals surface area contributed by atoms with Crippen molar-refractivity contribution in [2.75, 3.05) is 32.9 Å². The van der Waals surface area contributed by atoms with Gasteiger partial charge >= 0.3 is 11.9 Å². The molecular formula is C75H118N16O23. The molecule has 39 nitrogen and oxygen atoms in total. The largest absolute Gasteiger partial charge is 0.481 e. The van der Waals surface area contributed by atoms with Crippen molar-refractivity contribution >= 4 is 106 Å². The number of amides is 16. The Bertz CT molecular complexity index is 3570. The molecule has 1 aromatic carbocycles. The fourth-order valence-electron chi connectivity index (χ4n) is 12.6. The third-order valence-corrected chi connectivity index (χ3v) is 19.8. The molecule has 2 aliphatic rings. The Morgan fingerprint density at radius 1 is 0.588 bits per heavy atom. The van der Waals surface area contributed by atoms with E-state index in [1.165, 1.54) is 25.7 Å². The van der Waals surface area contributed by atoms with Crippen molar-refractivity contribution in [2.45, 2.75) is 262 Å². The van der Waals surface area contributed by atoms with Gasteiger partial charge in [0.05, 0.1) is 39.2 Å². The molecule has 0 unspecified atom stereocenters. The van der Waals surface area contributed by atoms with Gasteiger partial charge in [-0.25, -0.2) is 0 Å². The molecule has 3 rings (SSSR count). The highest BCUT2D eigenvalue weighted by atomic mass is 16.4. The maximum atomic E-state index is 15.0. The lowest BCUT2D eigenvalue weighted by atomic mass is 9.90. The zero-order valence-electron chi connectivity index (χ0n) is 66.3. The maximum absolute atomic E-state index is 15.0. The monoisotopic (exact) mass is 1610 g/mol. The number of nitrogens with zero attached hydrogens (tertiary/aromatic N) is 1. The number of carboxylic acid groups (broad SMARTS) is 2. The van der Waals surface area contributed by atoms with Crippen LogP contribution in [0.2, 0.25) is 0 Å². The van der Waals surface area contributed by atoms with Gasteiger partial charge < -0.3 is 111 Å². The quantitative estimate of drug-likeness (QED) is 0.0314. The summed E-state index contributed by atoms with van der Waals surface area (Å²) in [7, 11) is 0. The molecule has 15 atom stereocenters. The predicted octanol–water partition coefficient (Wildman–Crippen LogP) is -4.15. The predicted molar refractivity (Wildman–Crippen MR) is 408 cm³/mol. The highest BCUT2D eigenvalue weighted by Crippen LogP contribution is 2.23. The number of hydrogen-bond donors (Lipinski definition) is 20. The molecular weight excluding hydrogens is 1490 g/mol. The number of aliphatic hydroxyl groups is 3. The number of aliphatic carboxylic acids is 2. The second-order valence-corrected chi connectivity index (χ2v) is 29.7. The fraction of sp³-hybridized carbons (Fsp3) is 0.653. The van der Waals surface area contributed by atoms with Crippen molar-refractivity contribution in [3.8, 4) is 0 Å². The van der Waals surface area contributed by atoms with Gasteiger partial charge in [-0.3, -0.25) is 86.3 Å². The summed E-state index contributed by atoms with van der Waals surface area (Å²) in [6, 6.07) is -9.70. The number of hydrogen-bond acceptors (Lipinski definition) is 21. The Balaban J connectivity index is 2.19. The number of carboxylic acids is 2. The van der Waals surface area contributed by atoms with Gasteiger partial charge in [-0.1, -0.05) is 116 Å². The summed E-state index contributed by atoms with van der Waals surface area (Å²) < 4.78 is 0. The standard InChI is InChI=1S/C75H118N16O23/c1-10-42(5)59-70(111)85-52(39-93)66(107)83-50(35-55(76)96)65(106)81-48(33-41(3)4)64(105)82-49(34-45-25-20-19-21-26-45)67(108)89-74(8,72(113)86-46(28-29-57(98)99)63(104)80-47(61(77)102)36-58(100)101)30-22-17-15-13-12-14-16-18-23-31-75(9,73(114)88-60(43(6)11-2)71(112)87-59)90-68(109)53(40-94)79-56(97)37-78-62(103)51(38-92)84-69(110)54-27-24-32-91(54)44(7)95/h13,15,19-21,25-26,41-43,46-54,59-60,92-94H,10-12,14,16-18,22-24,27-40H2,1-9H3,(H2,76,96)(H2,77,102)(H,78,103)(H,79,97)(H,80,104)(H,81,106)(H,82,105)(H,83,107)(H,84,110)(H,85,111)(H,86,113)(H,87,112)(H,88,114)(H,89,108)(H,90,109)(H,98,99)(H,100,101)/b15-13-/t42-,43-,46-,47-,48-,49-,50-,51-,52-,53-,54-,59-,60-,74-,75-/m0/s1. The summed E-state index contributed by atoms with van der Waals surface area (Å²) in [6.07, 6.45) is 3.25. The minimum atomic E-state index is -2.06. The third-order valence-electron chi connectivity index (χ3n) is 19.8. The van der Waals surface area contributed by atoms with Gasteiger partial charge in [-0.05, 0) is 101 Å². The van der Waals surface area contributed by atoms with E-state index < -0.39 is 248 Å². The van der Waals surface area contributed by atoms with Gasteiger partial charge in [0.15, 0.2) is 0 Å². The molecule has 2 heterocycles. The first-order valence-corrected chi connectivity index (χ1v) is 38.4. The smallest absolute Gasteiger partial charge is 0.305 e. The summed E-state index contributed by atoms with van der Waals surface area (Å²) in [6.45, 7) is 10.1. The number of likely N-dealkylation sites (tertiary alicyclic amines) is 1. The van der Waals surface area contributed by atoms with E-state index in [4.69, 9.17) is 11.5 Å². The second-order valence-electron chi connectivity index (χ2n) is 29.7. The Hall–Kier alpha value is -10.7. The molecule has 16 amide bonds. The van der Waals surface area contributed by atoms with Gasteiger partial charge in [-0.2, -0.15) is 0 Å². The molecule has 0 aliphatic carbocycles. The van der Waals surface area contributed by atoms with Gasteiger partial charge in [-0.15, -0.1) is 0 Å². The number of carbonyl (C=O) groups is 18. The van der Waals surface area contributed by atoms with Crippen molar-refractivity contribution in [3.63, 3.8) is 0 Å². The Morgan fingerprint density at radius 2 is 1.15 bits per heavy atom. The first kappa shape index (κ1) is 97.5. The Kier molecular flexibility index (Phi) is 41.4. The highest BCUT2D eigenvalue weighted by molar-refractivity contribution is 6.02. The van der Waals surface area contributed by atoms with E-state index in [0.29, 0.717) is 50.6 Å². The van der Waals surface area contributed by atoms with Crippen molar-refractivity contribution < 1.29 is 112 Å². The topological polar surface area (TPSA) is 620 Å². The number of nitrogens with one attached hydrogen (secondary N) is 13. The minimum Gasteiger partial charge on any atom is -0.481 e. The average molecular weight is 1610 g/mol. The molecule has 0 spiro atoms. The van der Waals surface area contributed by atoms with Crippen LogP contribution in [0.5, 0.6) is 0 Å². The molecule has 636 valence electrons. The van der Waals surface area contributed by atoms with E-state index in [0.717, 1.165) is 0 Å². The molecule has 0 aromatic heterocycles. The number of rotatable bonds is 31. The van der Waals surface area contributed by atoms with E-state index in [-0.39, 0.29) is 63.7 Å². The van der Waals surface area contributed by atoms with Crippen LogP contribution in [0.15, 0.2) is 42.5 Å². The molecule has 1 aromatic rings. The number of carbonyl (C=O) groups excluding carboxylic acids is 16. The maximum Gasteiger partial charge on any atom is 0.305 e. The average Bonchev–Trinajstić information content (AvgIpc) is 0.984. The van der Waals surface area contributed by atoms with Crippen LogP contribution >= 0.6 is 0 Å². The zero-order valence-corrected chi connectivity index (χ0v) is 66.3. The molecule has 2 aliphatic heterocycles. The van der Waals surface area contributed by atoms with Crippen LogP contribution in [-0.2, 0) is 92.7 Å². The molecule has 1 fully saturated rings. The number of nitrogens with two attached hydrogens (primary N) is 2. The molecule has 0 bridgehead atoms. The molecule has 1 saturated heterocycles. The number of benzene rings is 1. The van der Waals surface area contributed by atoms with Crippen molar-refractivity contribution in [2.24, 2.45) is 29.2 Å². The highest BCUT2D eigenvalue weighted by Gasteiger charge is 2.44. The number of primary amides is 2. The third kappa shape index (κ3) is 32.4. The zero-order chi connectivity index (χ0) is 85.7. The molecule has 39 heteroatoms. The summed E-state index contributed by atoms with van der Waals surface area (Å²) in [5, 5.41) is 82.4. The van der Waals surface area contributed by atoms with Crippen molar-refractivity contribution in [3.05, 3.63) is 48.0 Å². The van der Waals surface area contributed by atoms with Crippen LogP contribution < -0.4 is 80.6 Å². The summed E-state index contributed by atoms with van der Waals surface area (Å²) in [5.74, 6) is -21.2. The molecule has 114 heavy (non-hydrogen) atoms. The van der Waals surface area contributed by atoms with Crippen molar-refractivity contribution in [1.82, 2.24) is 74.0 Å². The van der Waals surface area contributed by atoms with Crippen molar-refractivity contribution in [1.29, 1.82) is 0 Å². The lowest BCUT2D eigenvalue weighted by Gasteiger charge is -2.35. The van der Waals surface area contributed by atoms with Crippen LogP contribution in [0.1, 0.15) is 183 Å². The molecule has 0 radical (unpaired) electrons. The normalized spacial score (nSPS) is 24.3. The summed E-state index contributed by atoms with van der Waals surface area (Å²) in [4.78, 5) is 247. The van der Waals surface area contributed by atoms with Gasteiger partial charge in [0.1, 0.15) is 77.5 Å². The van der Waals surface area contributed by atoms with Crippen LogP contribution in [0.25, 0.3) is 0 Å². The first-order chi connectivity index (χ1) is 53.7. The number of allylic oxidation sites excluding steroid dienone is 2. The summed E-state index contributed by atoms with van der Waals surface area (Å²) in [5.41, 5.74) is 7.42. The SMILES string of the molecule is CC[C@H](C)[C@@H]1NC(=O)[C@H]([C@@H](C)CC)NC(=O)[C@@](C)(NC(=O)[C@H](CO)NC(=O)CNC(=O)[C@H](CO)NC(=O)[C@@H]2CCCN2C(C)=O)CCCCCC/C=C\CCC[C@@](C)(C(=O)N[C@@H](CCC(=O)O)C(=O)N[C@@H](CC(=O)O)C(N)=O)NC(=O)[C@H](Cc2ccccc2)NC(=O)[C@H](CC(C)C)NC(=O)[C@H](CC(N)=O)NC(=O)[C@H](CO)NC1=O. The van der Waals surface area contributed by atoms with Crippen LogP contribution in [0.4, 0.5) is 0 Å². The van der Waals surface area contributed by atoms with E-state index >= 15 is 4.79 Å². The van der Waals surface area contributed by atoms with Gasteiger partial charge in [0, 0.05) is 26.3 Å². The minimum absolute atomic E-state index is 0.111. The Labute approximate surface area is 661 Å². The van der Waals surface area contributed by atoms with E-state index in [9.17, 15) is 107 Å². The molecule has 22 N–H and O–H groups in total. The fourth-order valence-corrected chi connectivity index (χ4v) is 12.6. The summed E-state index contributed by atoms with van der Waals surface area (Å²) >= 11 is 0. The van der Waals surface area contributed by atoms with E-state index in [2.05, 4.69) is 69.1 Å². The lowest BCUT2D eigenvalue weighted by Crippen LogP contribution is -2.65. The van der Waals surface area contributed by atoms with Gasteiger partial charge in [0.2, 0.25) is 94.5 Å². The lowest BCUT2D eigenvalue weighted by molar-refractivity contribution is -0.141. The van der Waals surface area contributed by atoms with Crippen LogP contribution in [0, 0.1) is 17.8 Å². The molecule has 0 saturated carbocycles. The van der Waals surface area contributed by atoms with Crippen LogP contribution in [-0.4, -0.2) is 247 Å². The first-order valence-electron chi connectivity index (χ1n) is 38.4.